The highest BCUT2D eigenvalue weighted by Gasteiger charge is 2.25. The van der Waals surface area contributed by atoms with Crippen LogP contribution in [0.25, 0.3) is 0 Å². The molecule has 0 amide bonds. The Balaban J connectivity index is 2.01. The second-order valence-corrected chi connectivity index (χ2v) is 6.11. The van der Waals surface area contributed by atoms with Crippen molar-refractivity contribution in [2.24, 2.45) is 5.73 Å². The number of nitrogens with zero attached hydrogens (tertiary/aromatic N) is 1. The molecule has 1 aromatic carbocycles. The molecule has 2 atom stereocenters. The maximum Gasteiger partial charge on any atom is 0.165 e. The molecule has 3 nitrogen and oxygen atoms in total. The molecule has 19 heavy (non-hydrogen) atoms. The van der Waals surface area contributed by atoms with Gasteiger partial charge >= 0.3 is 0 Å². The molecule has 1 aliphatic rings. The van der Waals surface area contributed by atoms with Gasteiger partial charge in [0.25, 0.3) is 0 Å². The van der Waals surface area contributed by atoms with Crippen LogP contribution < -0.4 is 10.5 Å². The molecule has 0 aromatic heterocycles. The summed E-state index contributed by atoms with van der Waals surface area (Å²) in [6.07, 6.45) is 0.691. The second-order valence-electron chi connectivity index (χ2n) is 4.96. The molecule has 1 fully saturated rings. The molecule has 1 aromatic rings. The minimum absolute atomic E-state index is 0.0330. The zero-order chi connectivity index (χ0) is 13.8. The van der Waals surface area contributed by atoms with E-state index in [0.29, 0.717) is 12.5 Å². The molecule has 1 heterocycles. The first kappa shape index (κ1) is 14.6. The topological polar surface area (TPSA) is 38.5 Å². The lowest BCUT2D eigenvalue weighted by Gasteiger charge is -2.36. The van der Waals surface area contributed by atoms with Crippen molar-refractivity contribution in [3.63, 3.8) is 0 Å². The van der Waals surface area contributed by atoms with Gasteiger partial charge in [-0.3, -0.25) is 0 Å². The summed E-state index contributed by atoms with van der Waals surface area (Å²) in [7, 11) is 3.58. The van der Waals surface area contributed by atoms with Gasteiger partial charge in [0.2, 0.25) is 0 Å². The van der Waals surface area contributed by atoms with E-state index < -0.39 is 0 Å². The van der Waals surface area contributed by atoms with Gasteiger partial charge < -0.3 is 15.4 Å². The van der Waals surface area contributed by atoms with Gasteiger partial charge in [0, 0.05) is 30.1 Å². The summed E-state index contributed by atoms with van der Waals surface area (Å²) < 4.78 is 18.6. The Hall–Kier alpha value is -0.780. The third kappa shape index (κ3) is 3.61. The average molecular weight is 284 g/mol. The molecule has 1 saturated heterocycles. The molecule has 106 valence electrons. The van der Waals surface area contributed by atoms with E-state index in [1.807, 2.05) is 17.8 Å². The van der Waals surface area contributed by atoms with E-state index >= 15 is 0 Å². The third-order valence-electron chi connectivity index (χ3n) is 3.62. The van der Waals surface area contributed by atoms with Crippen molar-refractivity contribution < 1.29 is 9.13 Å². The van der Waals surface area contributed by atoms with Gasteiger partial charge in [0.15, 0.2) is 11.6 Å². The maximum atomic E-state index is 13.6. The molecule has 2 N–H and O–H groups in total. The van der Waals surface area contributed by atoms with E-state index in [0.717, 1.165) is 23.6 Å². The normalized spacial score (nSPS) is 22.2. The van der Waals surface area contributed by atoms with Crippen molar-refractivity contribution in [3.05, 3.63) is 29.6 Å². The fourth-order valence-corrected chi connectivity index (χ4v) is 3.73. The standard InChI is InChI=1S/C14H21FN2OS/c1-17-5-6-19-9-13(17)12(16)8-10-3-4-14(18-2)11(15)7-10/h3-4,7,12-13H,5-6,8-9,16H2,1-2H3. The van der Waals surface area contributed by atoms with Gasteiger partial charge in [-0.1, -0.05) is 6.07 Å². The van der Waals surface area contributed by atoms with Crippen molar-refractivity contribution in [1.82, 2.24) is 4.90 Å². The minimum Gasteiger partial charge on any atom is -0.494 e. The Morgan fingerprint density at radius 3 is 3.00 bits per heavy atom. The first-order valence-corrected chi connectivity index (χ1v) is 7.63. The van der Waals surface area contributed by atoms with E-state index in [1.54, 1.807) is 6.07 Å². The molecule has 0 bridgehead atoms. The molecular formula is C14H21FN2OS. The summed E-state index contributed by atoms with van der Waals surface area (Å²) in [6.45, 7) is 1.07. The Labute approximate surface area is 118 Å². The molecule has 0 saturated carbocycles. The van der Waals surface area contributed by atoms with Gasteiger partial charge in [-0.15, -0.1) is 0 Å². The van der Waals surface area contributed by atoms with E-state index in [-0.39, 0.29) is 17.6 Å². The Morgan fingerprint density at radius 1 is 1.58 bits per heavy atom. The summed E-state index contributed by atoms with van der Waals surface area (Å²) >= 11 is 1.94. The lowest BCUT2D eigenvalue weighted by Crippen LogP contribution is -2.51. The first-order chi connectivity index (χ1) is 9.11. The number of rotatable bonds is 4. The van der Waals surface area contributed by atoms with Crippen LogP contribution in [-0.4, -0.2) is 49.2 Å². The summed E-state index contributed by atoms with van der Waals surface area (Å²) in [6, 6.07) is 5.47. The zero-order valence-corrected chi connectivity index (χ0v) is 12.3. The lowest BCUT2D eigenvalue weighted by atomic mass is 10.00. The van der Waals surface area contributed by atoms with Crippen LogP contribution in [0.2, 0.25) is 0 Å². The number of likely N-dealkylation sites (N-methyl/N-ethyl adjacent to an activating group) is 1. The van der Waals surface area contributed by atoms with Gasteiger partial charge in [0.05, 0.1) is 7.11 Å². The number of hydrogen-bond acceptors (Lipinski definition) is 4. The van der Waals surface area contributed by atoms with Crippen LogP contribution in [0.4, 0.5) is 4.39 Å². The largest absolute Gasteiger partial charge is 0.494 e. The molecule has 1 aliphatic heterocycles. The number of ether oxygens (including phenoxy) is 1. The molecule has 2 rings (SSSR count). The Morgan fingerprint density at radius 2 is 2.37 bits per heavy atom. The number of benzene rings is 1. The van der Waals surface area contributed by atoms with E-state index in [4.69, 9.17) is 10.5 Å². The summed E-state index contributed by atoms with van der Waals surface area (Å²) in [5, 5.41) is 0. The van der Waals surface area contributed by atoms with Crippen LogP contribution in [0.15, 0.2) is 18.2 Å². The number of hydrogen-bond donors (Lipinski definition) is 1. The minimum atomic E-state index is -0.321. The highest BCUT2D eigenvalue weighted by atomic mass is 32.2. The van der Waals surface area contributed by atoms with E-state index in [2.05, 4.69) is 11.9 Å². The average Bonchev–Trinajstić information content (AvgIpc) is 2.39. The molecule has 2 unspecified atom stereocenters. The third-order valence-corrected chi connectivity index (χ3v) is 4.67. The van der Waals surface area contributed by atoms with Crippen molar-refractivity contribution in [2.75, 3.05) is 32.2 Å². The van der Waals surface area contributed by atoms with Crippen LogP contribution in [0.1, 0.15) is 5.56 Å². The quantitative estimate of drug-likeness (QED) is 0.914. The molecule has 0 spiro atoms. The monoisotopic (exact) mass is 284 g/mol. The fraction of sp³-hybridized carbons (Fsp3) is 0.571. The number of nitrogens with two attached hydrogens (primary N) is 1. The maximum absolute atomic E-state index is 13.6. The Kier molecular flexibility index (Phi) is 5.07. The van der Waals surface area contributed by atoms with Crippen LogP contribution >= 0.6 is 11.8 Å². The summed E-state index contributed by atoms with van der Waals surface area (Å²) in [5.74, 6) is 2.17. The van der Waals surface area contributed by atoms with Gasteiger partial charge in [0.1, 0.15) is 0 Å². The predicted octanol–water partition coefficient (Wildman–Crippen LogP) is 1.75. The Bertz CT molecular complexity index is 430. The molecule has 0 radical (unpaired) electrons. The number of thioether (sulfide) groups is 1. The molecular weight excluding hydrogens is 263 g/mol. The van der Waals surface area contributed by atoms with Crippen molar-refractivity contribution in [3.8, 4) is 5.75 Å². The zero-order valence-electron chi connectivity index (χ0n) is 11.4. The van der Waals surface area contributed by atoms with Crippen molar-refractivity contribution in [2.45, 2.75) is 18.5 Å². The second kappa shape index (κ2) is 6.59. The van der Waals surface area contributed by atoms with Crippen LogP contribution in [0.5, 0.6) is 5.75 Å². The first-order valence-electron chi connectivity index (χ1n) is 6.48. The SMILES string of the molecule is COc1ccc(CC(N)C2CSCCN2C)cc1F. The smallest absolute Gasteiger partial charge is 0.165 e. The van der Waals surface area contributed by atoms with E-state index in [9.17, 15) is 4.39 Å². The van der Waals surface area contributed by atoms with Crippen LogP contribution in [0, 0.1) is 5.82 Å². The molecule has 5 heteroatoms. The van der Waals surface area contributed by atoms with Crippen LogP contribution in [0.3, 0.4) is 0 Å². The highest BCUT2D eigenvalue weighted by molar-refractivity contribution is 7.99. The van der Waals surface area contributed by atoms with Gasteiger partial charge in [-0.25, -0.2) is 4.39 Å². The predicted molar refractivity (Wildman–Crippen MR) is 78.4 cm³/mol. The summed E-state index contributed by atoms with van der Waals surface area (Å²) in [5.41, 5.74) is 7.21. The van der Waals surface area contributed by atoms with Gasteiger partial charge in [-0.2, -0.15) is 11.8 Å². The highest BCUT2D eigenvalue weighted by Crippen LogP contribution is 2.21. The molecule has 0 aliphatic carbocycles. The number of methoxy groups -OCH3 is 1. The van der Waals surface area contributed by atoms with E-state index in [1.165, 1.54) is 13.2 Å². The van der Waals surface area contributed by atoms with Crippen molar-refractivity contribution >= 4 is 11.8 Å². The summed E-state index contributed by atoms with van der Waals surface area (Å²) in [4.78, 5) is 2.31. The van der Waals surface area contributed by atoms with Crippen LogP contribution in [-0.2, 0) is 6.42 Å². The van der Waals surface area contributed by atoms with Crippen molar-refractivity contribution in [1.29, 1.82) is 0 Å². The fourth-order valence-electron chi connectivity index (χ4n) is 2.40. The lowest BCUT2D eigenvalue weighted by molar-refractivity contribution is 0.235. The van der Waals surface area contributed by atoms with Gasteiger partial charge in [-0.05, 0) is 31.2 Å². The number of halogens is 1.